The first kappa shape index (κ1) is 25.1. The monoisotopic (exact) mass is 431 g/mol. The van der Waals surface area contributed by atoms with Crippen LogP contribution < -0.4 is 0 Å². The van der Waals surface area contributed by atoms with Crippen molar-refractivity contribution in [3.05, 3.63) is 95.1 Å². The first-order valence-electron chi connectivity index (χ1n) is 11.4. The van der Waals surface area contributed by atoms with E-state index in [1.807, 2.05) is 30.4 Å². The maximum atomic E-state index is 11.4. The molecule has 1 heterocycles. The van der Waals surface area contributed by atoms with Gasteiger partial charge in [-0.1, -0.05) is 76.5 Å². The summed E-state index contributed by atoms with van der Waals surface area (Å²) in [5.74, 6) is 0.605. The highest BCUT2D eigenvalue weighted by atomic mass is 16.3. The van der Waals surface area contributed by atoms with Crippen molar-refractivity contribution < 1.29 is 5.11 Å². The van der Waals surface area contributed by atoms with Crippen LogP contribution in [-0.4, -0.2) is 20.1 Å². The summed E-state index contributed by atoms with van der Waals surface area (Å²) in [6, 6.07) is 0. The molecule has 1 N–H and O–H groups in total. The Morgan fingerprint density at radius 3 is 2.53 bits per heavy atom. The second-order valence-corrected chi connectivity index (χ2v) is 8.44. The Bertz CT molecular complexity index is 1020. The van der Waals surface area contributed by atoms with Gasteiger partial charge in [-0.15, -0.1) is 9.90 Å². The van der Waals surface area contributed by atoms with Crippen LogP contribution in [0.15, 0.2) is 83.7 Å². The smallest absolute Gasteiger partial charge is 0.146 e. The predicted molar refractivity (Wildman–Crippen MR) is 137 cm³/mol. The number of hydrogen-bond donors (Lipinski definition) is 1. The molecule has 170 valence electrons. The molecule has 0 radical (unpaired) electrons. The maximum absolute atomic E-state index is 11.4. The van der Waals surface area contributed by atoms with Crippen molar-refractivity contribution in [3.8, 4) is 0 Å². The molecule has 1 aliphatic rings. The molecule has 0 unspecified atom stereocenters. The lowest BCUT2D eigenvalue weighted by molar-refractivity contribution is 0.420. The summed E-state index contributed by atoms with van der Waals surface area (Å²) in [6.07, 6.45) is 18.8. The number of aliphatic hydroxyl groups is 1. The SMILES string of the molecule is C=C/C(C)=C(C)\C(=C/CC)C/C(C=C)=C(O)/C(=C\CC(C)C)n1nc2c(n1)CC=CC=C2. The van der Waals surface area contributed by atoms with Gasteiger partial charge in [0.2, 0.25) is 0 Å². The Morgan fingerprint density at radius 1 is 1.16 bits per heavy atom. The molecule has 0 aliphatic heterocycles. The van der Waals surface area contributed by atoms with Gasteiger partial charge in [0.05, 0.1) is 5.69 Å². The van der Waals surface area contributed by atoms with Crippen LogP contribution in [0.2, 0.25) is 0 Å². The summed E-state index contributed by atoms with van der Waals surface area (Å²) in [7, 11) is 0. The summed E-state index contributed by atoms with van der Waals surface area (Å²) in [4.78, 5) is 1.57. The lowest BCUT2D eigenvalue weighted by Gasteiger charge is -2.15. The minimum absolute atomic E-state index is 0.163. The van der Waals surface area contributed by atoms with Crippen LogP contribution in [0.4, 0.5) is 0 Å². The summed E-state index contributed by atoms with van der Waals surface area (Å²) in [5, 5.41) is 20.7. The second-order valence-electron chi connectivity index (χ2n) is 8.44. The lowest BCUT2D eigenvalue weighted by atomic mass is 9.93. The number of hydrogen-bond acceptors (Lipinski definition) is 3. The molecule has 1 aromatic heterocycles. The number of fused-ring (bicyclic) bond motifs is 1. The molecule has 1 aliphatic carbocycles. The second kappa shape index (κ2) is 12.0. The fraction of sp³-hybridized carbons (Fsp3) is 0.357. The van der Waals surface area contributed by atoms with Crippen molar-refractivity contribution >= 4 is 11.8 Å². The Hall–Kier alpha value is -3.14. The third-order valence-corrected chi connectivity index (χ3v) is 5.53. The third-order valence-electron chi connectivity index (χ3n) is 5.53. The fourth-order valence-electron chi connectivity index (χ4n) is 3.39. The Kier molecular flexibility index (Phi) is 9.45. The van der Waals surface area contributed by atoms with Crippen molar-refractivity contribution in [3.63, 3.8) is 0 Å². The van der Waals surface area contributed by atoms with E-state index in [-0.39, 0.29) is 5.76 Å². The van der Waals surface area contributed by atoms with Crippen molar-refractivity contribution in [1.82, 2.24) is 15.0 Å². The highest BCUT2D eigenvalue weighted by Gasteiger charge is 2.18. The molecule has 4 nitrogen and oxygen atoms in total. The summed E-state index contributed by atoms with van der Waals surface area (Å²) >= 11 is 0. The van der Waals surface area contributed by atoms with Crippen LogP contribution >= 0.6 is 0 Å². The van der Waals surface area contributed by atoms with Gasteiger partial charge in [-0.2, -0.15) is 5.10 Å². The maximum Gasteiger partial charge on any atom is 0.146 e. The van der Waals surface area contributed by atoms with Gasteiger partial charge in [0.15, 0.2) is 0 Å². The standard InChI is InChI=1S/C28H37N3O/c1-8-14-24(22(7)21(6)9-2)19-23(10-3)28(32)27(18-17-20(4)5)31-29-25-15-12-11-13-16-26(25)30-31/h9-15,18,20,32H,2-3,8,16-17,19H2,1,4-7H3/b22-21-,24-14-,27-18+,28-23-. The molecule has 0 fully saturated rings. The van der Waals surface area contributed by atoms with E-state index < -0.39 is 0 Å². The van der Waals surface area contributed by atoms with E-state index >= 15 is 0 Å². The number of allylic oxidation sites excluding steroid dienone is 12. The molecule has 0 saturated heterocycles. The molecule has 0 bridgehead atoms. The van der Waals surface area contributed by atoms with Crippen LogP contribution in [0.3, 0.4) is 0 Å². The quantitative estimate of drug-likeness (QED) is 0.307. The first-order valence-corrected chi connectivity index (χ1v) is 11.4. The average Bonchev–Trinajstić information content (AvgIpc) is 3.04. The van der Waals surface area contributed by atoms with E-state index in [0.717, 1.165) is 40.9 Å². The van der Waals surface area contributed by atoms with Crippen LogP contribution in [0.5, 0.6) is 0 Å². The summed E-state index contributed by atoms with van der Waals surface area (Å²) in [5.41, 5.74) is 6.52. The number of nitrogens with zero attached hydrogens (tertiary/aromatic N) is 3. The zero-order valence-corrected chi connectivity index (χ0v) is 20.2. The summed E-state index contributed by atoms with van der Waals surface area (Å²) < 4.78 is 0. The first-order chi connectivity index (χ1) is 15.3. The summed E-state index contributed by atoms with van der Waals surface area (Å²) in [6.45, 7) is 18.5. The molecule has 0 saturated carbocycles. The number of rotatable bonds is 10. The van der Waals surface area contributed by atoms with Gasteiger partial charge < -0.3 is 5.11 Å². The van der Waals surface area contributed by atoms with E-state index in [2.05, 4.69) is 70.1 Å². The van der Waals surface area contributed by atoms with Crippen molar-refractivity contribution in [2.45, 2.75) is 60.3 Å². The fourth-order valence-corrected chi connectivity index (χ4v) is 3.39. The van der Waals surface area contributed by atoms with Gasteiger partial charge in [-0.25, -0.2) is 0 Å². The van der Waals surface area contributed by atoms with Crippen molar-refractivity contribution in [1.29, 1.82) is 0 Å². The highest BCUT2D eigenvalue weighted by molar-refractivity contribution is 5.64. The van der Waals surface area contributed by atoms with Crippen LogP contribution in [0.25, 0.3) is 11.8 Å². The zero-order valence-electron chi connectivity index (χ0n) is 20.2. The zero-order chi connectivity index (χ0) is 23.7. The Balaban J connectivity index is 2.56. The molecule has 4 heteroatoms. The number of aliphatic hydroxyl groups excluding tert-OH is 1. The van der Waals surface area contributed by atoms with E-state index in [4.69, 9.17) is 0 Å². The molecular formula is C28H37N3O. The number of aromatic nitrogens is 3. The molecule has 0 atom stereocenters. The molecule has 0 aromatic carbocycles. The van der Waals surface area contributed by atoms with Crippen molar-refractivity contribution in [2.75, 3.05) is 0 Å². The van der Waals surface area contributed by atoms with Gasteiger partial charge in [-0.05, 0) is 61.0 Å². The van der Waals surface area contributed by atoms with E-state index in [0.29, 0.717) is 24.5 Å². The van der Waals surface area contributed by atoms with E-state index in [1.54, 1.807) is 10.9 Å². The van der Waals surface area contributed by atoms with Crippen LogP contribution in [-0.2, 0) is 6.42 Å². The van der Waals surface area contributed by atoms with Gasteiger partial charge in [0.1, 0.15) is 17.2 Å². The lowest BCUT2D eigenvalue weighted by Crippen LogP contribution is -2.08. The van der Waals surface area contributed by atoms with Gasteiger partial charge >= 0.3 is 0 Å². The molecule has 1 aromatic rings. The molecule has 2 rings (SSSR count). The van der Waals surface area contributed by atoms with Crippen LogP contribution in [0.1, 0.15) is 65.3 Å². The largest absolute Gasteiger partial charge is 0.505 e. The van der Waals surface area contributed by atoms with E-state index in [1.165, 1.54) is 5.57 Å². The minimum Gasteiger partial charge on any atom is -0.505 e. The Morgan fingerprint density at radius 2 is 1.91 bits per heavy atom. The average molecular weight is 432 g/mol. The van der Waals surface area contributed by atoms with Crippen LogP contribution in [0, 0.1) is 5.92 Å². The normalized spacial score (nSPS) is 15.8. The topological polar surface area (TPSA) is 50.9 Å². The van der Waals surface area contributed by atoms with Gasteiger partial charge in [0.25, 0.3) is 0 Å². The Labute approximate surface area is 193 Å². The minimum atomic E-state index is 0.163. The molecule has 0 spiro atoms. The predicted octanol–water partition coefficient (Wildman–Crippen LogP) is 7.54. The molecule has 0 amide bonds. The van der Waals surface area contributed by atoms with E-state index in [9.17, 15) is 5.11 Å². The molecule has 32 heavy (non-hydrogen) atoms. The molecular weight excluding hydrogens is 394 g/mol. The highest BCUT2D eigenvalue weighted by Crippen LogP contribution is 2.28. The van der Waals surface area contributed by atoms with Gasteiger partial charge in [-0.3, -0.25) is 0 Å². The third kappa shape index (κ3) is 6.43. The van der Waals surface area contributed by atoms with Crippen molar-refractivity contribution in [2.24, 2.45) is 5.92 Å². The van der Waals surface area contributed by atoms with Gasteiger partial charge in [0, 0.05) is 12.8 Å².